The van der Waals surface area contributed by atoms with Crippen LogP contribution in [0.15, 0.2) is 36.4 Å². The molecule has 210 valence electrons. The Morgan fingerprint density at radius 1 is 1.05 bits per heavy atom. The number of halogens is 2. The van der Waals surface area contributed by atoms with Crippen LogP contribution in [-0.2, 0) is 26.2 Å². The summed E-state index contributed by atoms with van der Waals surface area (Å²) < 4.78 is 26.6. The van der Waals surface area contributed by atoms with E-state index in [1.165, 1.54) is 9.21 Å². The summed E-state index contributed by atoms with van der Waals surface area (Å²) in [6.07, 6.45) is 1.85. The summed E-state index contributed by atoms with van der Waals surface area (Å²) in [5, 5.41) is 3.77. The van der Waals surface area contributed by atoms with Crippen LogP contribution in [0.4, 0.5) is 5.69 Å². The van der Waals surface area contributed by atoms with Gasteiger partial charge in [0.1, 0.15) is 6.04 Å². The number of sulfonamides is 1. The summed E-state index contributed by atoms with van der Waals surface area (Å²) in [6.45, 7) is 11.4. The highest BCUT2D eigenvalue weighted by Crippen LogP contribution is 2.28. The van der Waals surface area contributed by atoms with Crippen LogP contribution in [-0.4, -0.2) is 49.5 Å². The molecule has 0 spiro atoms. The van der Waals surface area contributed by atoms with E-state index >= 15 is 0 Å². The molecule has 0 aliphatic carbocycles. The Morgan fingerprint density at radius 2 is 1.66 bits per heavy atom. The van der Waals surface area contributed by atoms with Crippen LogP contribution in [0.5, 0.6) is 0 Å². The molecule has 0 fully saturated rings. The Labute approximate surface area is 237 Å². The number of benzene rings is 2. The molecule has 7 nitrogen and oxygen atoms in total. The second kappa shape index (κ2) is 13.2. The van der Waals surface area contributed by atoms with Gasteiger partial charge in [-0.2, -0.15) is 0 Å². The second-order valence-corrected chi connectivity index (χ2v) is 13.3. The Kier molecular flexibility index (Phi) is 11.1. The van der Waals surface area contributed by atoms with Gasteiger partial charge in [0.25, 0.3) is 0 Å². The number of carbonyl (C=O) groups is 2. The zero-order valence-electron chi connectivity index (χ0n) is 23.3. The lowest BCUT2D eigenvalue weighted by molar-refractivity contribution is -0.142. The first-order valence-electron chi connectivity index (χ1n) is 12.6. The molecule has 10 heteroatoms. The minimum Gasteiger partial charge on any atom is -0.350 e. The predicted octanol–water partition coefficient (Wildman–Crippen LogP) is 5.88. The zero-order chi connectivity index (χ0) is 28.8. The van der Waals surface area contributed by atoms with Crippen molar-refractivity contribution in [2.24, 2.45) is 0 Å². The molecule has 0 unspecified atom stereocenters. The Balaban J connectivity index is 2.33. The topological polar surface area (TPSA) is 86.8 Å². The van der Waals surface area contributed by atoms with Crippen molar-refractivity contribution in [3.63, 3.8) is 0 Å². The zero-order valence-corrected chi connectivity index (χ0v) is 25.6. The maximum absolute atomic E-state index is 13.6. The monoisotopic (exact) mass is 583 g/mol. The lowest BCUT2D eigenvalue weighted by Crippen LogP contribution is -2.53. The highest BCUT2D eigenvalue weighted by Gasteiger charge is 2.31. The van der Waals surface area contributed by atoms with Gasteiger partial charge in [0, 0.05) is 40.7 Å². The Morgan fingerprint density at radius 3 is 2.18 bits per heavy atom. The minimum absolute atomic E-state index is 0.0399. The van der Waals surface area contributed by atoms with Crippen LogP contribution in [0.1, 0.15) is 63.6 Å². The fourth-order valence-corrected chi connectivity index (χ4v) is 5.73. The van der Waals surface area contributed by atoms with Gasteiger partial charge in [0.15, 0.2) is 0 Å². The number of hydrogen-bond donors (Lipinski definition) is 1. The molecule has 0 aliphatic heterocycles. The third-order valence-corrected chi connectivity index (χ3v) is 7.95. The number of carbonyl (C=O) groups excluding carboxylic acids is 2. The molecule has 0 aromatic heterocycles. The summed E-state index contributed by atoms with van der Waals surface area (Å²) in [5.74, 6) is -0.559. The van der Waals surface area contributed by atoms with Crippen molar-refractivity contribution in [3.8, 4) is 0 Å². The molecular weight excluding hydrogens is 545 g/mol. The van der Waals surface area contributed by atoms with Crippen LogP contribution < -0.4 is 9.62 Å². The van der Waals surface area contributed by atoms with Crippen LogP contribution in [0.2, 0.25) is 10.0 Å². The number of nitrogens with zero attached hydrogens (tertiary/aromatic N) is 2. The summed E-state index contributed by atoms with van der Waals surface area (Å²) in [5.41, 5.74) is 2.43. The average molecular weight is 585 g/mol. The van der Waals surface area contributed by atoms with Crippen molar-refractivity contribution < 1.29 is 18.0 Å². The van der Waals surface area contributed by atoms with Crippen molar-refractivity contribution in [2.75, 3.05) is 17.1 Å². The SMILES string of the molecule is CC[C@H](C(=O)NC(C)(C)C)N(Cc1c(Cl)cccc1Cl)C(=O)CCCN(c1cc(C)ccc1C)S(C)(=O)=O. The van der Waals surface area contributed by atoms with Gasteiger partial charge in [-0.3, -0.25) is 13.9 Å². The summed E-state index contributed by atoms with van der Waals surface area (Å²) in [4.78, 5) is 28.3. The maximum Gasteiger partial charge on any atom is 0.243 e. The molecule has 1 N–H and O–H groups in total. The van der Waals surface area contributed by atoms with Gasteiger partial charge in [-0.05, 0) is 76.8 Å². The van der Waals surface area contributed by atoms with Crippen LogP contribution in [0.3, 0.4) is 0 Å². The molecule has 0 radical (unpaired) electrons. The standard InChI is InChI=1S/C28H39Cl2N3O4S/c1-8-24(27(35)31-28(4,5)6)32(18-21-22(29)11-9-12-23(21)30)26(34)13-10-16-33(38(7,36)37)25-17-19(2)14-15-20(25)3/h9,11-12,14-15,17,24H,8,10,13,16,18H2,1-7H3,(H,31,35)/t24-/m1/s1. The van der Waals surface area contributed by atoms with E-state index in [0.29, 0.717) is 27.7 Å². The molecule has 2 amide bonds. The molecule has 1 atom stereocenters. The van der Waals surface area contributed by atoms with E-state index in [0.717, 1.165) is 17.4 Å². The molecule has 0 saturated heterocycles. The molecule has 38 heavy (non-hydrogen) atoms. The molecule has 0 aliphatic rings. The maximum atomic E-state index is 13.6. The first-order valence-corrected chi connectivity index (χ1v) is 15.2. The third-order valence-electron chi connectivity index (χ3n) is 6.06. The molecular formula is C28H39Cl2N3O4S. The third kappa shape index (κ3) is 8.89. The minimum atomic E-state index is -3.58. The number of rotatable bonds is 11. The number of nitrogens with one attached hydrogen (secondary N) is 1. The van der Waals surface area contributed by atoms with Gasteiger partial charge in [0.2, 0.25) is 21.8 Å². The predicted molar refractivity (Wildman–Crippen MR) is 156 cm³/mol. The van der Waals surface area contributed by atoms with Crippen LogP contribution in [0.25, 0.3) is 0 Å². The van der Waals surface area contributed by atoms with Gasteiger partial charge < -0.3 is 10.2 Å². The average Bonchev–Trinajstić information content (AvgIpc) is 2.78. The van der Waals surface area contributed by atoms with E-state index in [4.69, 9.17) is 23.2 Å². The number of hydrogen-bond acceptors (Lipinski definition) is 4. The van der Waals surface area contributed by atoms with Gasteiger partial charge in [0.05, 0.1) is 11.9 Å². The summed E-state index contributed by atoms with van der Waals surface area (Å²) in [6, 6.07) is 9.98. The normalized spacial score (nSPS) is 12.7. The lowest BCUT2D eigenvalue weighted by atomic mass is 10.0. The van der Waals surface area contributed by atoms with Gasteiger partial charge in [-0.25, -0.2) is 8.42 Å². The van der Waals surface area contributed by atoms with E-state index in [1.54, 1.807) is 18.2 Å². The van der Waals surface area contributed by atoms with E-state index in [-0.39, 0.29) is 37.7 Å². The van der Waals surface area contributed by atoms with Crippen molar-refractivity contribution in [1.29, 1.82) is 0 Å². The molecule has 2 rings (SSSR count). The van der Waals surface area contributed by atoms with Crippen LogP contribution >= 0.6 is 23.2 Å². The number of anilines is 1. The Bertz CT molecular complexity index is 1240. The van der Waals surface area contributed by atoms with Crippen molar-refractivity contribution in [1.82, 2.24) is 10.2 Å². The lowest BCUT2D eigenvalue weighted by Gasteiger charge is -2.33. The van der Waals surface area contributed by atoms with E-state index in [2.05, 4.69) is 5.32 Å². The summed E-state index contributed by atoms with van der Waals surface area (Å²) in [7, 11) is -3.58. The van der Waals surface area contributed by atoms with E-state index in [9.17, 15) is 18.0 Å². The van der Waals surface area contributed by atoms with Crippen molar-refractivity contribution in [3.05, 3.63) is 63.1 Å². The molecule has 0 heterocycles. The first kappa shape index (κ1) is 31.9. The second-order valence-electron chi connectivity index (χ2n) is 10.6. The fourth-order valence-electron chi connectivity index (χ4n) is 4.20. The fraction of sp³-hybridized carbons (Fsp3) is 0.500. The molecule has 0 saturated carbocycles. The van der Waals surface area contributed by atoms with E-state index < -0.39 is 21.6 Å². The van der Waals surface area contributed by atoms with E-state index in [1.807, 2.05) is 59.7 Å². The molecule has 2 aromatic rings. The Hall–Kier alpha value is -2.29. The number of amides is 2. The highest BCUT2D eigenvalue weighted by atomic mass is 35.5. The van der Waals surface area contributed by atoms with Crippen LogP contribution in [0, 0.1) is 13.8 Å². The van der Waals surface area contributed by atoms with Crippen molar-refractivity contribution in [2.45, 2.75) is 78.9 Å². The molecule has 0 bridgehead atoms. The smallest absolute Gasteiger partial charge is 0.243 e. The van der Waals surface area contributed by atoms with Gasteiger partial charge in [-0.1, -0.05) is 48.3 Å². The quantitative estimate of drug-likeness (QED) is 0.358. The van der Waals surface area contributed by atoms with Gasteiger partial charge >= 0.3 is 0 Å². The first-order chi connectivity index (χ1) is 17.5. The largest absolute Gasteiger partial charge is 0.350 e. The summed E-state index contributed by atoms with van der Waals surface area (Å²) >= 11 is 12.8. The van der Waals surface area contributed by atoms with Gasteiger partial charge in [-0.15, -0.1) is 0 Å². The van der Waals surface area contributed by atoms with Crippen molar-refractivity contribution >= 4 is 50.7 Å². The molecule has 2 aromatic carbocycles. The number of aryl methyl sites for hydroxylation is 2. The highest BCUT2D eigenvalue weighted by molar-refractivity contribution is 7.92.